The van der Waals surface area contributed by atoms with E-state index in [9.17, 15) is 0 Å². The molecule has 0 saturated heterocycles. The number of guanidine groups is 1. The van der Waals surface area contributed by atoms with Crippen molar-refractivity contribution in [2.75, 3.05) is 13.6 Å². The van der Waals surface area contributed by atoms with Crippen molar-refractivity contribution in [3.63, 3.8) is 0 Å². The fourth-order valence-corrected chi connectivity index (χ4v) is 2.97. The number of halogens is 1. The minimum absolute atomic E-state index is 0. The fraction of sp³-hybridized carbons (Fsp3) is 0.750. The summed E-state index contributed by atoms with van der Waals surface area (Å²) in [5.74, 6) is 0.895. The van der Waals surface area contributed by atoms with Crippen molar-refractivity contribution in [1.82, 2.24) is 15.6 Å². The van der Waals surface area contributed by atoms with E-state index in [2.05, 4.69) is 41.4 Å². The van der Waals surface area contributed by atoms with Crippen molar-refractivity contribution in [2.24, 2.45) is 4.99 Å². The lowest BCUT2D eigenvalue weighted by atomic mass is 10.1. The van der Waals surface area contributed by atoms with Crippen LogP contribution in [0.15, 0.2) is 11.2 Å². The van der Waals surface area contributed by atoms with Crippen LogP contribution in [0, 0.1) is 6.92 Å². The molecule has 0 saturated carbocycles. The molecule has 0 amide bonds. The Kier molecular flexibility index (Phi) is 12.9. The number of aliphatic imine (C=N–C) groups is 1. The number of hydrogen-bond donors (Lipinski definition) is 2. The first kappa shape index (κ1) is 21.6. The molecule has 1 unspecified atom stereocenters. The van der Waals surface area contributed by atoms with E-state index in [4.69, 9.17) is 0 Å². The summed E-state index contributed by atoms with van der Waals surface area (Å²) in [4.78, 5) is 9.93. The van der Waals surface area contributed by atoms with Crippen LogP contribution in [0.2, 0.25) is 0 Å². The van der Waals surface area contributed by atoms with Crippen LogP contribution in [-0.4, -0.2) is 30.6 Å². The molecule has 22 heavy (non-hydrogen) atoms. The van der Waals surface area contributed by atoms with Crippen molar-refractivity contribution in [3.8, 4) is 0 Å². The first-order valence-corrected chi connectivity index (χ1v) is 8.85. The molecule has 0 aromatic carbocycles. The third-order valence-corrected chi connectivity index (χ3v) is 4.37. The van der Waals surface area contributed by atoms with Gasteiger partial charge in [0.15, 0.2) is 5.96 Å². The summed E-state index contributed by atoms with van der Waals surface area (Å²) >= 11 is 1.77. The maximum absolute atomic E-state index is 4.38. The number of aryl methyl sites for hydroxylation is 1. The van der Waals surface area contributed by atoms with Gasteiger partial charge < -0.3 is 10.6 Å². The molecule has 0 aliphatic carbocycles. The predicted molar refractivity (Wildman–Crippen MR) is 109 cm³/mol. The third-order valence-electron chi connectivity index (χ3n) is 3.40. The molecule has 1 aromatic rings. The van der Waals surface area contributed by atoms with Gasteiger partial charge in [-0.2, -0.15) is 0 Å². The minimum atomic E-state index is 0. The van der Waals surface area contributed by atoms with Crippen LogP contribution in [0.25, 0.3) is 0 Å². The molecule has 0 radical (unpaired) electrons. The Balaban J connectivity index is 0.00000441. The van der Waals surface area contributed by atoms with Crippen LogP contribution >= 0.6 is 35.3 Å². The average Bonchev–Trinajstić information content (AvgIpc) is 2.88. The Hall–Kier alpha value is -0.370. The average molecular weight is 438 g/mol. The molecule has 2 N–H and O–H groups in total. The molecular formula is C16H31IN4S. The van der Waals surface area contributed by atoms with E-state index >= 15 is 0 Å². The lowest BCUT2D eigenvalue weighted by molar-refractivity contribution is 0.537. The maximum atomic E-state index is 4.38. The maximum Gasteiger partial charge on any atom is 0.191 e. The Labute approximate surface area is 156 Å². The van der Waals surface area contributed by atoms with E-state index < -0.39 is 0 Å². The zero-order valence-electron chi connectivity index (χ0n) is 14.3. The normalized spacial score (nSPS) is 12.6. The molecule has 1 heterocycles. The molecule has 4 nitrogen and oxygen atoms in total. The fourth-order valence-electron chi connectivity index (χ4n) is 2.18. The van der Waals surface area contributed by atoms with Gasteiger partial charge in [-0.3, -0.25) is 4.99 Å². The summed E-state index contributed by atoms with van der Waals surface area (Å²) in [7, 11) is 1.83. The van der Waals surface area contributed by atoms with Gasteiger partial charge in [0.25, 0.3) is 0 Å². The zero-order chi connectivity index (χ0) is 15.5. The lowest BCUT2D eigenvalue weighted by Gasteiger charge is -2.17. The second-order valence-corrected chi connectivity index (χ2v) is 6.83. The number of hydrogen-bond acceptors (Lipinski definition) is 3. The highest BCUT2D eigenvalue weighted by Gasteiger charge is 2.05. The largest absolute Gasteiger partial charge is 0.356 e. The Morgan fingerprint density at radius 1 is 1.36 bits per heavy atom. The van der Waals surface area contributed by atoms with Gasteiger partial charge in [0.2, 0.25) is 0 Å². The molecule has 0 bridgehead atoms. The SMILES string of the molecule is CCCCCCC(C)NC(=NC)NCCc1ncc(C)s1.I. The van der Waals surface area contributed by atoms with Crippen LogP contribution < -0.4 is 10.6 Å². The summed E-state index contributed by atoms with van der Waals surface area (Å²) < 4.78 is 0. The first-order chi connectivity index (χ1) is 10.2. The van der Waals surface area contributed by atoms with E-state index in [1.165, 1.54) is 42.0 Å². The van der Waals surface area contributed by atoms with E-state index in [1.807, 2.05) is 13.2 Å². The number of nitrogens with zero attached hydrogens (tertiary/aromatic N) is 2. The summed E-state index contributed by atoms with van der Waals surface area (Å²) in [6.07, 6.45) is 9.34. The standard InChI is InChI=1S/C16H30N4S.HI/c1-5-6-7-8-9-13(2)20-16(17-4)18-11-10-15-19-12-14(3)21-15;/h12-13H,5-11H2,1-4H3,(H2,17,18,20);1H. The smallest absolute Gasteiger partial charge is 0.191 e. The highest BCUT2D eigenvalue weighted by Crippen LogP contribution is 2.10. The van der Waals surface area contributed by atoms with Crippen molar-refractivity contribution in [1.29, 1.82) is 0 Å². The molecule has 6 heteroatoms. The first-order valence-electron chi connectivity index (χ1n) is 8.04. The minimum Gasteiger partial charge on any atom is -0.356 e. The van der Waals surface area contributed by atoms with Gasteiger partial charge >= 0.3 is 0 Å². The number of unbranched alkanes of at least 4 members (excludes halogenated alkanes) is 3. The van der Waals surface area contributed by atoms with E-state index in [0.29, 0.717) is 6.04 Å². The van der Waals surface area contributed by atoms with E-state index in [0.717, 1.165) is 18.9 Å². The summed E-state index contributed by atoms with van der Waals surface area (Å²) in [5.41, 5.74) is 0. The lowest BCUT2D eigenvalue weighted by Crippen LogP contribution is -2.42. The van der Waals surface area contributed by atoms with Crippen LogP contribution in [-0.2, 0) is 6.42 Å². The van der Waals surface area contributed by atoms with Gasteiger partial charge in [-0.05, 0) is 20.3 Å². The van der Waals surface area contributed by atoms with Crippen LogP contribution in [0.3, 0.4) is 0 Å². The van der Waals surface area contributed by atoms with Crippen molar-refractivity contribution in [3.05, 3.63) is 16.1 Å². The highest BCUT2D eigenvalue weighted by molar-refractivity contribution is 14.0. The molecular weight excluding hydrogens is 407 g/mol. The van der Waals surface area contributed by atoms with Crippen LogP contribution in [0.5, 0.6) is 0 Å². The topological polar surface area (TPSA) is 49.3 Å². The zero-order valence-corrected chi connectivity index (χ0v) is 17.5. The second kappa shape index (κ2) is 13.1. The molecule has 0 spiro atoms. The molecule has 1 atom stereocenters. The van der Waals surface area contributed by atoms with Gasteiger partial charge in [-0.1, -0.05) is 32.6 Å². The van der Waals surface area contributed by atoms with E-state index in [-0.39, 0.29) is 24.0 Å². The third kappa shape index (κ3) is 9.61. The van der Waals surface area contributed by atoms with Crippen molar-refractivity contribution >= 4 is 41.3 Å². The van der Waals surface area contributed by atoms with Gasteiger partial charge in [-0.15, -0.1) is 35.3 Å². The summed E-state index contributed by atoms with van der Waals surface area (Å²) in [5, 5.41) is 8.01. The monoisotopic (exact) mass is 438 g/mol. The van der Waals surface area contributed by atoms with Gasteiger partial charge in [0.05, 0.1) is 5.01 Å². The van der Waals surface area contributed by atoms with Crippen molar-refractivity contribution < 1.29 is 0 Å². The number of aromatic nitrogens is 1. The predicted octanol–water partition coefficient (Wildman–Crippen LogP) is 4.14. The molecule has 128 valence electrons. The number of thiazole rings is 1. The number of nitrogens with one attached hydrogen (secondary N) is 2. The van der Waals surface area contributed by atoms with E-state index in [1.54, 1.807) is 11.3 Å². The number of rotatable bonds is 9. The van der Waals surface area contributed by atoms with Gasteiger partial charge in [-0.25, -0.2) is 4.98 Å². The van der Waals surface area contributed by atoms with Crippen LogP contribution in [0.1, 0.15) is 55.8 Å². The molecule has 0 aliphatic rings. The quantitative estimate of drug-likeness (QED) is 0.264. The van der Waals surface area contributed by atoms with Gasteiger partial charge in [0, 0.05) is 37.1 Å². The Morgan fingerprint density at radius 2 is 2.14 bits per heavy atom. The summed E-state index contributed by atoms with van der Waals surface area (Å²) in [6.45, 7) is 7.44. The Morgan fingerprint density at radius 3 is 2.73 bits per heavy atom. The highest BCUT2D eigenvalue weighted by atomic mass is 127. The second-order valence-electron chi connectivity index (χ2n) is 5.51. The van der Waals surface area contributed by atoms with Crippen LogP contribution in [0.4, 0.5) is 0 Å². The molecule has 1 rings (SSSR count). The molecule has 0 fully saturated rings. The molecule has 0 aliphatic heterocycles. The van der Waals surface area contributed by atoms with Gasteiger partial charge in [0.1, 0.15) is 0 Å². The Bertz CT molecular complexity index is 420. The summed E-state index contributed by atoms with van der Waals surface area (Å²) in [6, 6.07) is 0.468. The van der Waals surface area contributed by atoms with Crippen molar-refractivity contribution in [2.45, 2.75) is 65.3 Å². The molecule has 1 aromatic heterocycles.